The number of halogens is 2. The summed E-state index contributed by atoms with van der Waals surface area (Å²) >= 11 is 9.16. The summed E-state index contributed by atoms with van der Waals surface area (Å²) in [5.41, 5.74) is 0.427. The van der Waals surface area contributed by atoms with E-state index in [2.05, 4.69) is 21.2 Å². The molecular formula is C12H15BrClNO3. The number of benzene rings is 1. The van der Waals surface area contributed by atoms with Gasteiger partial charge in [-0.05, 0) is 24.6 Å². The van der Waals surface area contributed by atoms with E-state index in [1.165, 1.54) is 18.2 Å². The lowest BCUT2D eigenvalue weighted by atomic mass is 10.2. The summed E-state index contributed by atoms with van der Waals surface area (Å²) in [4.78, 5) is 12.0. The molecule has 2 N–H and O–H groups in total. The Morgan fingerprint density at radius 3 is 2.94 bits per heavy atom. The van der Waals surface area contributed by atoms with Crippen molar-refractivity contribution in [2.24, 2.45) is 0 Å². The molecule has 6 heteroatoms. The van der Waals surface area contributed by atoms with Crippen molar-refractivity contribution in [2.75, 3.05) is 20.3 Å². The Bertz CT molecular complexity index is 414. The molecule has 0 aliphatic rings. The molecular weight excluding hydrogens is 321 g/mol. The summed E-state index contributed by atoms with van der Waals surface area (Å²) in [6.07, 6.45) is 0.769. The highest BCUT2D eigenvalue weighted by atomic mass is 79.9. The number of rotatable bonds is 6. The molecule has 1 atom stereocenters. The van der Waals surface area contributed by atoms with Crippen LogP contribution in [0.3, 0.4) is 0 Å². The Hall–Kier alpha value is -0.780. The van der Waals surface area contributed by atoms with Gasteiger partial charge < -0.3 is 15.2 Å². The third-order valence-corrected chi connectivity index (χ3v) is 3.33. The highest BCUT2D eigenvalue weighted by molar-refractivity contribution is 9.09. The lowest BCUT2D eigenvalue weighted by Crippen LogP contribution is -2.26. The fraction of sp³-hybridized carbons (Fsp3) is 0.417. The van der Waals surface area contributed by atoms with Gasteiger partial charge in [-0.25, -0.2) is 0 Å². The largest absolute Gasteiger partial charge is 0.506 e. The molecule has 1 amide bonds. The highest BCUT2D eigenvalue weighted by Crippen LogP contribution is 2.23. The molecule has 0 saturated heterocycles. The first-order valence-corrected chi connectivity index (χ1v) is 6.73. The van der Waals surface area contributed by atoms with E-state index in [1.807, 2.05) is 0 Å². The topological polar surface area (TPSA) is 58.6 Å². The summed E-state index contributed by atoms with van der Waals surface area (Å²) in [6.45, 7) is 1.14. The van der Waals surface area contributed by atoms with Crippen LogP contribution in [0.1, 0.15) is 16.8 Å². The molecule has 1 rings (SSSR count). The number of phenolic OH excluding ortho intramolecular Hbond substituents is 1. The van der Waals surface area contributed by atoms with E-state index >= 15 is 0 Å². The number of alkyl halides is 1. The first-order chi connectivity index (χ1) is 8.54. The van der Waals surface area contributed by atoms with E-state index < -0.39 is 0 Å². The summed E-state index contributed by atoms with van der Waals surface area (Å²) in [6, 6.07) is 4.36. The lowest BCUT2D eigenvalue weighted by Gasteiger charge is -2.09. The van der Waals surface area contributed by atoms with Crippen LogP contribution in [0.2, 0.25) is 5.02 Å². The molecule has 18 heavy (non-hydrogen) atoms. The Balaban J connectivity index is 2.43. The predicted molar refractivity (Wildman–Crippen MR) is 74.7 cm³/mol. The van der Waals surface area contributed by atoms with Crippen LogP contribution in [0.25, 0.3) is 0 Å². The van der Waals surface area contributed by atoms with E-state index in [9.17, 15) is 9.90 Å². The Kier molecular flexibility index (Phi) is 6.46. The molecule has 0 aliphatic carbocycles. The van der Waals surface area contributed by atoms with Crippen LogP contribution in [-0.2, 0) is 4.74 Å². The predicted octanol–water partition coefficient (Wildman–Crippen LogP) is 2.58. The van der Waals surface area contributed by atoms with Gasteiger partial charge >= 0.3 is 0 Å². The highest BCUT2D eigenvalue weighted by Gasteiger charge is 2.09. The minimum absolute atomic E-state index is 0.0335. The molecule has 0 radical (unpaired) electrons. The maximum Gasteiger partial charge on any atom is 0.251 e. The zero-order chi connectivity index (χ0) is 13.5. The number of phenols is 1. The number of carbonyl (C=O) groups is 1. The molecule has 0 heterocycles. The third kappa shape index (κ3) is 4.84. The second kappa shape index (κ2) is 7.61. The van der Waals surface area contributed by atoms with E-state index in [1.54, 1.807) is 7.11 Å². The summed E-state index contributed by atoms with van der Waals surface area (Å²) < 4.78 is 4.97. The van der Waals surface area contributed by atoms with Crippen molar-refractivity contribution in [3.63, 3.8) is 0 Å². The second-order valence-electron chi connectivity index (χ2n) is 3.76. The van der Waals surface area contributed by atoms with Crippen LogP contribution >= 0.6 is 27.5 Å². The van der Waals surface area contributed by atoms with Gasteiger partial charge in [-0.3, -0.25) is 4.79 Å². The van der Waals surface area contributed by atoms with Gasteiger partial charge in [-0.2, -0.15) is 0 Å². The molecule has 4 nitrogen and oxygen atoms in total. The van der Waals surface area contributed by atoms with E-state index in [0.717, 1.165) is 6.42 Å². The van der Waals surface area contributed by atoms with E-state index in [-0.39, 0.29) is 21.5 Å². The van der Waals surface area contributed by atoms with E-state index in [0.29, 0.717) is 18.7 Å². The molecule has 1 aromatic carbocycles. The van der Waals surface area contributed by atoms with Crippen molar-refractivity contribution in [3.05, 3.63) is 28.8 Å². The molecule has 0 saturated carbocycles. The summed E-state index contributed by atoms with van der Waals surface area (Å²) in [5.74, 6) is -0.247. The van der Waals surface area contributed by atoms with Gasteiger partial charge in [0.1, 0.15) is 5.75 Å². The first-order valence-electron chi connectivity index (χ1n) is 5.44. The van der Waals surface area contributed by atoms with Crippen molar-refractivity contribution in [2.45, 2.75) is 11.2 Å². The van der Waals surface area contributed by atoms with Gasteiger partial charge in [0.2, 0.25) is 0 Å². The maximum absolute atomic E-state index is 11.7. The van der Waals surface area contributed by atoms with Gasteiger partial charge in [-0.15, -0.1) is 0 Å². The average Bonchev–Trinajstić information content (AvgIpc) is 2.33. The fourth-order valence-corrected chi connectivity index (χ4v) is 2.03. The SMILES string of the molecule is COCC(Br)CCNC(=O)c1ccc(O)c(Cl)c1. The zero-order valence-corrected chi connectivity index (χ0v) is 12.3. The van der Waals surface area contributed by atoms with Crippen molar-refractivity contribution < 1.29 is 14.6 Å². The van der Waals surface area contributed by atoms with E-state index in [4.69, 9.17) is 16.3 Å². The molecule has 0 aliphatic heterocycles. The monoisotopic (exact) mass is 335 g/mol. The molecule has 100 valence electrons. The lowest BCUT2D eigenvalue weighted by molar-refractivity contribution is 0.0952. The smallest absolute Gasteiger partial charge is 0.251 e. The first kappa shape index (κ1) is 15.3. The molecule has 0 spiro atoms. The number of aromatic hydroxyl groups is 1. The number of ether oxygens (including phenoxy) is 1. The average molecular weight is 337 g/mol. The Morgan fingerprint density at radius 1 is 1.61 bits per heavy atom. The standard InChI is InChI=1S/C12H15BrClNO3/c1-18-7-9(13)4-5-15-12(17)8-2-3-11(16)10(14)6-8/h2-3,6,9,16H,4-5,7H2,1H3,(H,15,17). The summed E-state index contributed by atoms with van der Waals surface area (Å²) in [5, 5.41) is 12.2. The Labute approximate surface area is 119 Å². The van der Waals surface area contributed by atoms with Crippen molar-refractivity contribution >= 4 is 33.4 Å². The van der Waals surface area contributed by atoms with Crippen LogP contribution in [0.5, 0.6) is 5.75 Å². The van der Waals surface area contributed by atoms with Crippen LogP contribution in [-0.4, -0.2) is 36.1 Å². The van der Waals surface area contributed by atoms with Crippen LogP contribution in [0, 0.1) is 0 Å². The van der Waals surface area contributed by atoms with Crippen molar-refractivity contribution in [3.8, 4) is 5.75 Å². The van der Waals surface area contributed by atoms with Gasteiger partial charge in [0.25, 0.3) is 5.91 Å². The number of hydrogen-bond acceptors (Lipinski definition) is 3. The Morgan fingerprint density at radius 2 is 2.33 bits per heavy atom. The van der Waals surface area contributed by atoms with Crippen LogP contribution < -0.4 is 5.32 Å². The van der Waals surface area contributed by atoms with Gasteiger partial charge in [-0.1, -0.05) is 27.5 Å². The van der Waals surface area contributed by atoms with Crippen LogP contribution in [0.15, 0.2) is 18.2 Å². The number of nitrogens with one attached hydrogen (secondary N) is 1. The minimum atomic E-state index is -0.214. The normalized spacial score (nSPS) is 12.2. The van der Waals surface area contributed by atoms with Gasteiger partial charge in [0.05, 0.1) is 11.6 Å². The number of methoxy groups -OCH3 is 1. The van der Waals surface area contributed by atoms with Crippen molar-refractivity contribution in [1.82, 2.24) is 5.32 Å². The molecule has 0 fully saturated rings. The minimum Gasteiger partial charge on any atom is -0.506 e. The molecule has 0 aromatic heterocycles. The molecule has 1 unspecified atom stereocenters. The van der Waals surface area contributed by atoms with Crippen molar-refractivity contribution in [1.29, 1.82) is 0 Å². The van der Waals surface area contributed by atoms with Crippen LogP contribution in [0.4, 0.5) is 0 Å². The maximum atomic E-state index is 11.7. The number of amides is 1. The fourth-order valence-electron chi connectivity index (χ4n) is 1.36. The number of carbonyl (C=O) groups excluding carboxylic acids is 1. The molecule has 0 bridgehead atoms. The molecule has 1 aromatic rings. The number of hydrogen-bond donors (Lipinski definition) is 2. The second-order valence-corrected chi connectivity index (χ2v) is 5.47. The zero-order valence-electron chi connectivity index (χ0n) is 9.95. The quantitative estimate of drug-likeness (QED) is 0.785. The van der Waals surface area contributed by atoms with Gasteiger partial charge in [0.15, 0.2) is 0 Å². The third-order valence-electron chi connectivity index (χ3n) is 2.30. The summed E-state index contributed by atoms with van der Waals surface area (Å²) in [7, 11) is 1.63. The van der Waals surface area contributed by atoms with Gasteiger partial charge in [0, 0.05) is 24.0 Å².